The lowest BCUT2D eigenvalue weighted by Gasteiger charge is -2.25. The molecule has 1 aromatic heterocycles. The number of aromatic amines is 1. The number of carbonyl (C=O) groups is 1. The molecule has 2 aromatic rings. The Morgan fingerprint density at radius 1 is 1.45 bits per heavy atom. The van der Waals surface area contributed by atoms with Gasteiger partial charge in [0.25, 0.3) is 5.91 Å². The number of hydrogen-bond acceptors (Lipinski definition) is 3. The summed E-state index contributed by atoms with van der Waals surface area (Å²) in [5.41, 5.74) is 7.07. The third kappa shape index (κ3) is 2.36. The molecule has 0 radical (unpaired) electrons. The lowest BCUT2D eigenvalue weighted by atomic mass is 10.1. The highest BCUT2D eigenvalue weighted by Gasteiger charge is 2.25. The van der Waals surface area contributed by atoms with Crippen molar-refractivity contribution in [3.63, 3.8) is 0 Å². The van der Waals surface area contributed by atoms with Crippen molar-refractivity contribution in [2.24, 2.45) is 0 Å². The van der Waals surface area contributed by atoms with E-state index in [9.17, 15) is 9.18 Å². The van der Waals surface area contributed by atoms with Crippen LogP contribution in [0.1, 0.15) is 34.6 Å². The smallest absolute Gasteiger partial charge is 0.259 e. The molecule has 1 aromatic carbocycles. The number of aromatic nitrogens is 2. The summed E-state index contributed by atoms with van der Waals surface area (Å²) in [5.74, 6) is -0.471. The number of anilines is 1. The van der Waals surface area contributed by atoms with E-state index in [2.05, 4.69) is 10.2 Å². The summed E-state index contributed by atoms with van der Waals surface area (Å²) < 4.78 is 13.8. The van der Waals surface area contributed by atoms with Crippen LogP contribution in [-0.4, -0.2) is 28.1 Å². The monoisotopic (exact) mass is 276 g/mol. The molecular formula is C14H17FN4O. The van der Waals surface area contributed by atoms with E-state index in [1.807, 2.05) is 0 Å². The molecule has 0 saturated heterocycles. The maximum absolute atomic E-state index is 13.8. The van der Waals surface area contributed by atoms with Crippen molar-refractivity contribution in [2.75, 3.05) is 12.8 Å². The highest BCUT2D eigenvalue weighted by Crippen LogP contribution is 2.25. The van der Waals surface area contributed by atoms with Gasteiger partial charge in [-0.25, -0.2) is 4.39 Å². The second-order valence-corrected chi connectivity index (χ2v) is 4.72. The van der Waals surface area contributed by atoms with Crippen LogP contribution in [0.25, 0.3) is 0 Å². The summed E-state index contributed by atoms with van der Waals surface area (Å²) in [4.78, 5) is 13.9. The Bertz CT molecular complexity index is 618. The predicted octanol–water partition coefficient (Wildman–Crippen LogP) is 2.27. The zero-order valence-electron chi connectivity index (χ0n) is 11.6. The average Bonchev–Trinajstić information content (AvgIpc) is 2.76. The fourth-order valence-corrected chi connectivity index (χ4v) is 2.09. The van der Waals surface area contributed by atoms with Crippen LogP contribution < -0.4 is 5.73 Å². The Balaban J connectivity index is 2.30. The van der Waals surface area contributed by atoms with Crippen LogP contribution in [0.2, 0.25) is 0 Å². The second kappa shape index (κ2) is 5.32. The number of aryl methyl sites for hydroxylation is 1. The van der Waals surface area contributed by atoms with E-state index in [1.165, 1.54) is 11.0 Å². The van der Waals surface area contributed by atoms with E-state index in [-0.39, 0.29) is 17.5 Å². The Kier molecular flexibility index (Phi) is 3.74. The van der Waals surface area contributed by atoms with Crippen molar-refractivity contribution in [3.8, 4) is 0 Å². The molecule has 1 amide bonds. The van der Waals surface area contributed by atoms with Gasteiger partial charge in [-0.2, -0.15) is 5.10 Å². The molecule has 5 nitrogen and oxygen atoms in total. The topological polar surface area (TPSA) is 75.0 Å². The molecule has 0 bridgehead atoms. The molecule has 2 rings (SSSR count). The number of nitrogens with one attached hydrogen (secondary N) is 1. The summed E-state index contributed by atoms with van der Waals surface area (Å²) in [7, 11) is 1.62. The Hall–Kier alpha value is -2.37. The Labute approximate surface area is 116 Å². The predicted molar refractivity (Wildman–Crippen MR) is 74.6 cm³/mol. The van der Waals surface area contributed by atoms with Crippen molar-refractivity contribution in [1.82, 2.24) is 15.1 Å². The number of amides is 1. The maximum Gasteiger partial charge on any atom is 0.259 e. The highest BCUT2D eigenvalue weighted by atomic mass is 19.1. The van der Waals surface area contributed by atoms with E-state index in [4.69, 9.17) is 5.73 Å². The molecule has 3 N–H and O–H groups in total. The number of benzene rings is 1. The molecule has 1 atom stereocenters. The van der Waals surface area contributed by atoms with Gasteiger partial charge in [0.15, 0.2) is 5.82 Å². The van der Waals surface area contributed by atoms with E-state index in [0.29, 0.717) is 16.8 Å². The van der Waals surface area contributed by atoms with Gasteiger partial charge in [-0.15, -0.1) is 0 Å². The van der Waals surface area contributed by atoms with Crippen molar-refractivity contribution in [1.29, 1.82) is 0 Å². The van der Waals surface area contributed by atoms with Crippen LogP contribution in [0.15, 0.2) is 24.3 Å². The van der Waals surface area contributed by atoms with Crippen LogP contribution in [0.5, 0.6) is 0 Å². The number of halogens is 1. The maximum atomic E-state index is 13.8. The molecule has 0 aliphatic heterocycles. The number of rotatable bonds is 3. The number of nitrogens with zero attached hydrogens (tertiary/aromatic N) is 2. The van der Waals surface area contributed by atoms with Gasteiger partial charge in [0.1, 0.15) is 11.4 Å². The summed E-state index contributed by atoms with van der Waals surface area (Å²) in [6.45, 7) is 3.49. The highest BCUT2D eigenvalue weighted by molar-refractivity contribution is 5.99. The molecule has 20 heavy (non-hydrogen) atoms. The fourth-order valence-electron chi connectivity index (χ4n) is 2.09. The van der Waals surface area contributed by atoms with E-state index < -0.39 is 6.04 Å². The molecule has 0 aliphatic rings. The third-order valence-electron chi connectivity index (χ3n) is 3.45. The number of H-pyrrole nitrogens is 1. The van der Waals surface area contributed by atoms with Gasteiger partial charge in [-0.05, 0) is 19.9 Å². The molecule has 1 heterocycles. The van der Waals surface area contributed by atoms with E-state index >= 15 is 0 Å². The average molecular weight is 276 g/mol. The molecule has 0 fully saturated rings. The second-order valence-electron chi connectivity index (χ2n) is 4.72. The van der Waals surface area contributed by atoms with E-state index in [1.54, 1.807) is 39.1 Å². The zero-order chi connectivity index (χ0) is 14.9. The number of hydrogen-bond donors (Lipinski definition) is 2. The number of carbonyl (C=O) groups excluding carboxylic acids is 1. The first-order chi connectivity index (χ1) is 9.43. The Morgan fingerprint density at radius 3 is 2.65 bits per heavy atom. The SMILES string of the molecule is Cc1[nH]nc(N)c1C(=O)N(C)C(C)c1ccccc1F. The minimum atomic E-state index is -0.405. The van der Waals surface area contributed by atoms with Gasteiger partial charge < -0.3 is 10.6 Å². The number of nitrogens with two attached hydrogens (primary N) is 1. The van der Waals surface area contributed by atoms with Crippen molar-refractivity contribution in [3.05, 3.63) is 46.9 Å². The standard InChI is InChI=1S/C14H17FN4O/c1-8-12(13(16)18-17-8)14(20)19(3)9(2)10-6-4-5-7-11(10)15/h4-7,9H,1-3H3,(H3,16,17,18). The zero-order valence-corrected chi connectivity index (χ0v) is 11.6. The molecule has 0 aliphatic carbocycles. The first-order valence-electron chi connectivity index (χ1n) is 6.25. The van der Waals surface area contributed by atoms with Crippen LogP contribution in [0, 0.1) is 12.7 Å². The van der Waals surface area contributed by atoms with Crippen molar-refractivity contribution >= 4 is 11.7 Å². The molecule has 6 heteroatoms. The largest absolute Gasteiger partial charge is 0.382 e. The summed E-state index contributed by atoms with van der Waals surface area (Å²) >= 11 is 0. The van der Waals surface area contributed by atoms with Gasteiger partial charge >= 0.3 is 0 Å². The summed E-state index contributed by atoms with van der Waals surface area (Å²) in [6, 6.07) is 5.99. The van der Waals surface area contributed by atoms with Crippen LogP contribution in [-0.2, 0) is 0 Å². The van der Waals surface area contributed by atoms with Crippen LogP contribution in [0.3, 0.4) is 0 Å². The third-order valence-corrected chi connectivity index (χ3v) is 3.45. The van der Waals surface area contributed by atoms with Gasteiger partial charge in [0.2, 0.25) is 0 Å². The number of nitrogen functional groups attached to an aromatic ring is 1. The first kappa shape index (κ1) is 14.0. The normalized spacial score (nSPS) is 12.2. The molecule has 0 spiro atoms. The van der Waals surface area contributed by atoms with Crippen molar-refractivity contribution in [2.45, 2.75) is 19.9 Å². The fraction of sp³-hybridized carbons (Fsp3) is 0.286. The van der Waals surface area contributed by atoms with E-state index in [0.717, 1.165) is 0 Å². The quantitative estimate of drug-likeness (QED) is 0.903. The van der Waals surface area contributed by atoms with Gasteiger partial charge in [0.05, 0.1) is 6.04 Å². The molecule has 1 unspecified atom stereocenters. The molecule has 106 valence electrons. The first-order valence-corrected chi connectivity index (χ1v) is 6.25. The Morgan fingerprint density at radius 2 is 2.10 bits per heavy atom. The van der Waals surface area contributed by atoms with Crippen molar-refractivity contribution < 1.29 is 9.18 Å². The minimum Gasteiger partial charge on any atom is -0.382 e. The summed E-state index contributed by atoms with van der Waals surface area (Å²) in [6.07, 6.45) is 0. The summed E-state index contributed by atoms with van der Waals surface area (Å²) in [5, 5.41) is 6.47. The minimum absolute atomic E-state index is 0.153. The van der Waals surface area contributed by atoms with Gasteiger partial charge in [-0.1, -0.05) is 18.2 Å². The van der Waals surface area contributed by atoms with Gasteiger partial charge in [-0.3, -0.25) is 9.89 Å². The molecular weight excluding hydrogens is 259 g/mol. The van der Waals surface area contributed by atoms with Crippen LogP contribution >= 0.6 is 0 Å². The van der Waals surface area contributed by atoms with Gasteiger partial charge in [0, 0.05) is 18.3 Å². The van der Waals surface area contributed by atoms with Crippen LogP contribution in [0.4, 0.5) is 10.2 Å². The lowest BCUT2D eigenvalue weighted by Crippen LogP contribution is -2.30. The molecule has 0 saturated carbocycles. The lowest BCUT2D eigenvalue weighted by molar-refractivity contribution is 0.0741.